The number of nitrogens with one attached hydrogen (secondary N) is 1. The van der Waals surface area contributed by atoms with Gasteiger partial charge in [-0.1, -0.05) is 38.5 Å². The molecule has 2 atom stereocenters. The lowest BCUT2D eigenvalue weighted by atomic mass is 9.98. The summed E-state index contributed by atoms with van der Waals surface area (Å²) in [7, 11) is -2.93. The van der Waals surface area contributed by atoms with Gasteiger partial charge in [0, 0.05) is 17.7 Å². The minimum absolute atomic E-state index is 0.142. The summed E-state index contributed by atoms with van der Waals surface area (Å²) in [5, 5.41) is 11.1. The summed E-state index contributed by atoms with van der Waals surface area (Å²) in [6.45, 7) is 5.20. The molecule has 0 aromatic heterocycles. The zero-order valence-electron chi connectivity index (χ0n) is 14.6. The predicted octanol–water partition coefficient (Wildman–Crippen LogP) is 2.41. The lowest BCUT2D eigenvalue weighted by Crippen LogP contribution is -2.38. The largest absolute Gasteiger partial charge is 0.466 e. The highest BCUT2D eigenvalue weighted by atomic mass is 32.2. The van der Waals surface area contributed by atoms with E-state index in [1.807, 2.05) is 13.8 Å². The van der Waals surface area contributed by atoms with Gasteiger partial charge in [-0.15, -0.1) is 0 Å². The van der Waals surface area contributed by atoms with Crippen molar-refractivity contribution in [3.05, 3.63) is 46.0 Å². The van der Waals surface area contributed by atoms with Crippen LogP contribution in [0.2, 0.25) is 0 Å². The Bertz CT molecular complexity index is 773. The third kappa shape index (κ3) is 5.36. The number of rotatable bonds is 8. The molecule has 0 unspecified atom stereocenters. The summed E-state index contributed by atoms with van der Waals surface area (Å²) in [6.07, 6.45) is 2.10. The Morgan fingerprint density at radius 2 is 2.00 bits per heavy atom. The van der Waals surface area contributed by atoms with Gasteiger partial charge in [-0.25, -0.2) is 17.9 Å². The first-order chi connectivity index (χ1) is 11.6. The smallest absolute Gasteiger partial charge is 0.333 e. The van der Waals surface area contributed by atoms with Crippen molar-refractivity contribution in [1.29, 1.82) is 0 Å². The molecule has 0 aliphatic heterocycles. The van der Waals surface area contributed by atoms with Gasteiger partial charge in [-0.05, 0) is 18.9 Å². The van der Waals surface area contributed by atoms with E-state index in [0.717, 1.165) is 6.07 Å². The van der Waals surface area contributed by atoms with Crippen molar-refractivity contribution in [3.8, 4) is 0 Å². The molecule has 0 aliphatic carbocycles. The summed E-state index contributed by atoms with van der Waals surface area (Å²) >= 11 is 0. The lowest BCUT2D eigenvalue weighted by molar-refractivity contribution is -0.387. The SMILES string of the molecule is CC[C@H](C)[C@@H](/C=C(\C)C(=O)OC)NS(=O)(=O)c1ccccc1[N+](=O)[O-]. The number of nitro benzene ring substituents is 1. The van der Waals surface area contributed by atoms with E-state index in [2.05, 4.69) is 9.46 Å². The molecule has 0 saturated carbocycles. The molecule has 1 rings (SSSR count). The second-order valence-electron chi connectivity index (χ2n) is 5.60. The second-order valence-corrected chi connectivity index (χ2v) is 7.28. The van der Waals surface area contributed by atoms with Gasteiger partial charge >= 0.3 is 5.97 Å². The third-order valence-corrected chi connectivity index (χ3v) is 5.34. The number of carbonyl (C=O) groups is 1. The van der Waals surface area contributed by atoms with Crippen LogP contribution in [0, 0.1) is 16.0 Å². The molecule has 138 valence electrons. The number of esters is 1. The summed E-state index contributed by atoms with van der Waals surface area (Å²) in [5.41, 5.74) is -0.260. The van der Waals surface area contributed by atoms with E-state index in [0.29, 0.717) is 6.42 Å². The van der Waals surface area contributed by atoms with Gasteiger partial charge in [-0.3, -0.25) is 10.1 Å². The second kappa shape index (κ2) is 8.72. The van der Waals surface area contributed by atoms with Gasteiger partial charge in [-0.2, -0.15) is 0 Å². The van der Waals surface area contributed by atoms with Crippen LogP contribution in [0.3, 0.4) is 0 Å². The van der Waals surface area contributed by atoms with Crippen LogP contribution in [0.4, 0.5) is 5.69 Å². The maximum absolute atomic E-state index is 12.6. The molecular weight excluding hydrogens is 348 g/mol. The van der Waals surface area contributed by atoms with E-state index in [1.165, 1.54) is 38.3 Å². The van der Waals surface area contributed by atoms with Gasteiger partial charge in [0.2, 0.25) is 10.0 Å². The van der Waals surface area contributed by atoms with Crippen molar-refractivity contribution >= 4 is 21.7 Å². The van der Waals surface area contributed by atoms with Crippen molar-refractivity contribution in [1.82, 2.24) is 4.72 Å². The molecule has 0 aliphatic rings. The fraction of sp³-hybridized carbons (Fsp3) is 0.438. The number of nitrogens with zero attached hydrogens (tertiary/aromatic N) is 1. The monoisotopic (exact) mass is 370 g/mol. The van der Waals surface area contributed by atoms with E-state index in [-0.39, 0.29) is 11.5 Å². The first-order valence-electron chi connectivity index (χ1n) is 7.66. The first-order valence-corrected chi connectivity index (χ1v) is 9.14. The Labute approximate surface area is 147 Å². The van der Waals surface area contributed by atoms with Gasteiger partial charge < -0.3 is 4.74 Å². The van der Waals surface area contributed by atoms with Crippen LogP contribution in [0.1, 0.15) is 27.2 Å². The summed E-state index contributed by atoms with van der Waals surface area (Å²) in [6, 6.07) is 4.39. The molecule has 0 radical (unpaired) electrons. The Kier molecular flexibility index (Phi) is 7.25. The number of para-hydroxylation sites is 1. The van der Waals surface area contributed by atoms with E-state index in [9.17, 15) is 23.3 Å². The van der Waals surface area contributed by atoms with Crippen molar-refractivity contribution in [2.24, 2.45) is 5.92 Å². The molecular formula is C16H22N2O6S. The van der Waals surface area contributed by atoms with Crippen molar-refractivity contribution in [2.45, 2.75) is 38.1 Å². The quantitative estimate of drug-likeness (QED) is 0.325. The first kappa shape index (κ1) is 20.8. The van der Waals surface area contributed by atoms with Crippen molar-refractivity contribution in [3.63, 3.8) is 0 Å². The molecule has 1 N–H and O–H groups in total. The number of nitro groups is 1. The van der Waals surface area contributed by atoms with E-state index < -0.39 is 37.5 Å². The standard InChI is InChI=1S/C16H22N2O6S/c1-5-11(2)13(10-12(3)16(19)24-4)17-25(22,23)15-9-7-6-8-14(15)18(20)21/h6-11,13,17H,5H2,1-4H3/b12-10+/t11-,13+/m0/s1. The van der Waals surface area contributed by atoms with Crippen LogP contribution >= 0.6 is 0 Å². The Morgan fingerprint density at radius 3 is 2.52 bits per heavy atom. The minimum atomic E-state index is -4.16. The van der Waals surface area contributed by atoms with Crippen LogP contribution in [-0.4, -0.2) is 32.5 Å². The molecule has 1 aromatic rings. The molecule has 1 aromatic carbocycles. The van der Waals surface area contributed by atoms with E-state index in [1.54, 1.807) is 0 Å². The summed E-state index contributed by atoms with van der Waals surface area (Å²) < 4.78 is 32.4. The average molecular weight is 370 g/mol. The van der Waals surface area contributed by atoms with Gasteiger partial charge in [0.15, 0.2) is 4.90 Å². The number of carbonyl (C=O) groups excluding carboxylic acids is 1. The fourth-order valence-electron chi connectivity index (χ4n) is 2.14. The zero-order chi connectivity index (χ0) is 19.2. The molecule has 0 amide bonds. The third-order valence-electron chi connectivity index (χ3n) is 3.84. The zero-order valence-corrected chi connectivity index (χ0v) is 15.4. The predicted molar refractivity (Wildman–Crippen MR) is 92.4 cm³/mol. The molecule has 0 fully saturated rings. The van der Waals surface area contributed by atoms with E-state index in [4.69, 9.17) is 0 Å². The molecule has 0 spiro atoms. The van der Waals surface area contributed by atoms with Crippen LogP contribution in [0.15, 0.2) is 40.8 Å². The van der Waals surface area contributed by atoms with Crippen molar-refractivity contribution in [2.75, 3.05) is 7.11 Å². The maximum Gasteiger partial charge on any atom is 0.333 e. The molecule has 25 heavy (non-hydrogen) atoms. The Hall–Kier alpha value is -2.26. The Morgan fingerprint density at radius 1 is 1.40 bits per heavy atom. The van der Waals surface area contributed by atoms with Crippen LogP contribution in [0.5, 0.6) is 0 Å². The van der Waals surface area contributed by atoms with Gasteiger partial charge in [0.1, 0.15) is 0 Å². The number of sulfonamides is 1. The highest BCUT2D eigenvalue weighted by Gasteiger charge is 2.29. The number of hydrogen-bond donors (Lipinski definition) is 1. The number of hydrogen-bond acceptors (Lipinski definition) is 6. The van der Waals surface area contributed by atoms with Crippen LogP contribution in [-0.2, 0) is 19.6 Å². The number of methoxy groups -OCH3 is 1. The summed E-state index contributed by atoms with van der Waals surface area (Å²) in [4.78, 5) is 21.5. The Balaban J connectivity index is 3.28. The van der Waals surface area contributed by atoms with E-state index >= 15 is 0 Å². The molecule has 0 bridgehead atoms. The maximum atomic E-state index is 12.6. The molecule has 0 heterocycles. The number of ether oxygens (including phenoxy) is 1. The minimum Gasteiger partial charge on any atom is -0.466 e. The average Bonchev–Trinajstić information content (AvgIpc) is 2.59. The fourth-order valence-corrected chi connectivity index (χ4v) is 3.61. The molecule has 8 nitrogen and oxygen atoms in total. The normalized spacial score (nSPS) is 14.6. The van der Waals surface area contributed by atoms with Crippen LogP contribution < -0.4 is 4.72 Å². The van der Waals surface area contributed by atoms with Gasteiger partial charge in [0.25, 0.3) is 5.69 Å². The van der Waals surface area contributed by atoms with Crippen LogP contribution in [0.25, 0.3) is 0 Å². The number of benzene rings is 1. The topological polar surface area (TPSA) is 116 Å². The van der Waals surface area contributed by atoms with Gasteiger partial charge in [0.05, 0.1) is 12.0 Å². The molecule has 0 saturated heterocycles. The molecule has 9 heteroatoms. The highest BCUT2D eigenvalue weighted by molar-refractivity contribution is 7.89. The highest BCUT2D eigenvalue weighted by Crippen LogP contribution is 2.24. The lowest BCUT2D eigenvalue weighted by Gasteiger charge is -2.21. The summed E-state index contributed by atoms with van der Waals surface area (Å²) in [5.74, 6) is -0.713. The van der Waals surface area contributed by atoms with Crippen molar-refractivity contribution < 1.29 is 22.9 Å².